The SMILES string of the molecule is CC(c1ccccc1Cl)N(C)c1ncccc1CCN. The third kappa shape index (κ3) is 3.11. The Morgan fingerprint density at radius 3 is 2.70 bits per heavy atom. The summed E-state index contributed by atoms with van der Waals surface area (Å²) < 4.78 is 0. The number of pyridine rings is 1. The number of benzene rings is 1. The summed E-state index contributed by atoms with van der Waals surface area (Å²) in [6.07, 6.45) is 2.63. The fourth-order valence-electron chi connectivity index (χ4n) is 2.30. The fraction of sp³-hybridized carbons (Fsp3) is 0.312. The van der Waals surface area contributed by atoms with Gasteiger partial charge in [-0.1, -0.05) is 35.9 Å². The molecule has 4 heteroatoms. The number of anilines is 1. The topological polar surface area (TPSA) is 42.2 Å². The third-order valence-electron chi connectivity index (χ3n) is 3.55. The molecular weight excluding hydrogens is 270 g/mol. The van der Waals surface area contributed by atoms with Crippen molar-refractivity contribution in [2.45, 2.75) is 19.4 Å². The largest absolute Gasteiger partial charge is 0.353 e. The van der Waals surface area contributed by atoms with Crippen LogP contribution in [-0.4, -0.2) is 18.6 Å². The first-order valence-corrected chi connectivity index (χ1v) is 7.14. The summed E-state index contributed by atoms with van der Waals surface area (Å²) in [5, 5.41) is 0.781. The van der Waals surface area contributed by atoms with Crippen molar-refractivity contribution in [2.24, 2.45) is 5.73 Å². The smallest absolute Gasteiger partial charge is 0.131 e. The van der Waals surface area contributed by atoms with Gasteiger partial charge < -0.3 is 10.6 Å². The van der Waals surface area contributed by atoms with E-state index in [2.05, 4.69) is 28.9 Å². The Labute approximate surface area is 125 Å². The molecule has 0 radical (unpaired) electrons. The maximum absolute atomic E-state index is 6.28. The van der Waals surface area contributed by atoms with Crippen LogP contribution in [-0.2, 0) is 6.42 Å². The Kier molecular flexibility index (Phi) is 4.99. The molecule has 0 saturated heterocycles. The molecule has 0 bridgehead atoms. The normalized spacial score (nSPS) is 12.2. The molecule has 0 aliphatic carbocycles. The molecule has 0 saturated carbocycles. The number of nitrogens with zero attached hydrogens (tertiary/aromatic N) is 2. The molecule has 0 aliphatic heterocycles. The highest BCUT2D eigenvalue weighted by Crippen LogP contribution is 2.30. The van der Waals surface area contributed by atoms with Gasteiger partial charge in [-0.25, -0.2) is 4.98 Å². The van der Waals surface area contributed by atoms with Gasteiger partial charge in [-0.3, -0.25) is 0 Å². The van der Waals surface area contributed by atoms with Gasteiger partial charge in [0, 0.05) is 18.3 Å². The van der Waals surface area contributed by atoms with E-state index in [0.717, 1.165) is 28.4 Å². The standard InChI is InChI=1S/C16H20ClN3/c1-12(14-7-3-4-8-15(14)17)20(2)16-13(9-10-18)6-5-11-19-16/h3-8,11-12H,9-10,18H2,1-2H3. The van der Waals surface area contributed by atoms with Gasteiger partial charge in [0.25, 0.3) is 0 Å². The number of aromatic nitrogens is 1. The Hall–Kier alpha value is -1.58. The molecule has 3 nitrogen and oxygen atoms in total. The number of halogens is 1. The Bertz CT molecular complexity index is 571. The van der Waals surface area contributed by atoms with E-state index < -0.39 is 0 Å². The van der Waals surface area contributed by atoms with Crippen LogP contribution in [0.3, 0.4) is 0 Å². The zero-order valence-corrected chi connectivity index (χ0v) is 12.6. The second-order valence-corrected chi connectivity index (χ2v) is 5.24. The van der Waals surface area contributed by atoms with E-state index in [1.807, 2.05) is 37.5 Å². The lowest BCUT2D eigenvalue weighted by Crippen LogP contribution is -2.24. The molecule has 0 aliphatic rings. The van der Waals surface area contributed by atoms with Crippen molar-refractivity contribution in [1.82, 2.24) is 4.98 Å². The van der Waals surface area contributed by atoms with Gasteiger partial charge in [0.1, 0.15) is 5.82 Å². The summed E-state index contributed by atoms with van der Waals surface area (Å²) in [4.78, 5) is 6.65. The van der Waals surface area contributed by atoms with Crippen molar-refractivity contribution in [3.8, 4) is 0 Å². The number of hydrogen-bond donors (Lipinski definition) is 1. The summed E-state index contributed by atoms with van der Waals surface area (Å²) in [5.74, 6) is 0.963. The van der Waals surface area contributed by atoms with Crippen LogP contribution in [0.1, 0.15) is 24.1 Å². The van der Waals surface area contributed by atoms with Crippen molar-refractivity contribution in [2.75, 3.05) is 18.5 Å². The van der Waals surface area contributed by atoms with Crippen molar-refractivity contribution >= 4 is 17.4 Å². The zero-order valence-electron chi connectivity index (χ0n) is 11.9. The van der Waals surface area contributed by atoms with Crippen molar-refractivity contribution in [1.29, 1.82) is 0 Å². The summed E-state index contributed by atoms with van der Waals surface area (Å²) in [6.45, 7) is 2.75. The first kappa shape index (κ1) is 14.8. The van der Waals surface area contributed by atoms with Crippen molar-refractivity contribution in [3.63, 3.8) is 0 Å². The molecule has 1 aromatic carbocycles. The first-order chi connectivity index (χ1) is 9.65. The molecule has 106 valence electrons. The molecule has 20 heavy (non-hydrogen) atoms. The van der Waals surface area contributed by atoms with Gasteiger partial charge in [-0.2, -0.15) is 0 Å². The maximum Gasteiger partial charge on any atom is 0.131 e. The molecular formula is C16H20ClN3. The van der Waals surface area contributed by atoms with Crippen molar-refractivity contribution < 1.29 is 0 Å². The average Bonchev–Trinajstić information content (AvgIpc) is 2.47. The molecule has 0 fully saturated rings. The Morgan fingerprint density at radius 1 is 1.25 bits per heavy atom. The first-order valence-electron chi connectivity index (χ1n) is 6.76. The fourth-order valence-corrected chi connectivity index (χ4v) is 2.60. The highest BCUT2D eigenvalue weighted by molar-refractivity contribution is 6.31. The second kappa shape index (κ2) is 6.73. The summed E-state index contributed by atoms with van der Waals surface area (Å²) in [7, 11) is 2.04. The molecule has 2 aromatic rings. The van der Waals surface area contributed by atoms with Crippen molar-refractivity contribution in [3.05, 3.63) is 58.7 Å². The van der Waals surface area contributed by atoms with Gasteiger partial charge >= 0.3 is 0 Å². The molecule has 0 spiro atoms. The monoisotopic (exact) mass is 289 g/mol. The van der Waals surface area contributed by atoms with E-state index in [4.69, 9.17) is 17.3 Å². The van der Waals surface area contributed by atoms with Gasteiger partial charge in [-0.15, -0.1) is 0 Å². The van der Waals surface area contributed by atoms with Crippen LogP contribution >= 0.6 is 11.6 Å². The molecule has 2 N–H and O–H groups in total. The van der Waals surface area contributed by atoms with Gasteiger partial charge in [0.15, 0.2) is 0 Å². The predicted molar refractivity (Wildman–Crippen MR) is 85.3 cm³/mol. The van der Waals surface area contributed by atoms with Crippen LogP contribution in [0.5, 0.6) is 0 Å². The molecule has 1 heterocycles. The average molecular weight is 290 g/mol. The minimum Gasteiger partial charge on any atom is -0.353 e. The number of hydrogen-bond acceptors (Lipinski definition) is 3. The van der Waals surface area contributed by atoms with Crippen LogP contribution in [0.2, 0.25) is 5.02 Å². The van der Waals surface area contributed by atoms with E-state index >= 15 is 0 Å². The van der Waals surface area contributed by atoms with Gasteiger partial charge in [0.05, 0.1) is 6.04 Å². The van der Waals surface area contributed by atoms with Crippen LogP contribution in [0.4, 0.5) is 5.82 Å². The highest BCUT2D eigenvalue weighted by atomic mass is 35.5. The van der Waals surface area contributed by atoms with Gasteiger partial charge in [0.2, 0.25) is 0 Å². The summed E-state index contributed by atoms with van der Waals surface area (Å²) in [6, 6.07) is 12.1. The maximum atomic E-state index is 6.28. The minimum atomic E-state index is 0.148. The predicted octanol–water partition coefficient (Wildman–Crippen LogP) is 3.43. The van der Waals surface area contributed by atoms with Crippen LogP contribution < -0.4 is 10.6 Å². The molecule has 1 unspecified atom stereocenters. The Morgan fingerprint density at radius 2 is 2.00 bits per heavy atom. The molecule has 1 atom stereocenters. The molecule has 2 rings (SSSR count). The summed E-state index contributed by atoms with van der Waals surface area (Å²) >= 11 is 6.28. The van der Waals surface area contributed by atoms with E-state index in [1.165, 1.54) is 0 Å². The lowest BCUT2D eigenvalue weighted by Gasteiger charge is -2.28. The highest BCUT2D eigenvalue weighted by Gasteiger charge is 2.17. The third-order valence-corrected chi connectivity index (χ3v) is 3.90. The van der Waals surface area contributed by atoms with Crippen LogP contribution in [0.25, 0.3) is 0 Å². The van der Waals surface area contributed by atoms with E-state index in [-0.39, 0.29) is 6.04 Å². The molecule has 0 amide bonds. The number of rotatable bonds is 5. The van der Waals surface area contributed by atoms with E-state index in [0.29, 0.717) is 6.54 Å². The van der Waals surface area contributed by atoms with Crippen LogP contribution in [0, 0.1) is 0 Å². The van der Waals surface area contributed by atoms with Gasteiger partial charge in [-0.05, 0) is 43.1 Å². The molecule has 1 aromatic heterocycles. The van der Waals surface area contributed by atoms with E-state index in [9.17, 15) is 0 Å². The van der Waals surface area contributed by atoms with Crippen LogP contribution in [0.15, 0.2) is 42.6 Å². The Balaban J connectivity index is 2.31. The minimum absolute atomic E-state index is 0.148. The van der Waals surface area contributed by atoms with E-state index in [1.54, 1.807) is 0 Å². The lowest BCUT2D eigenvalue weighted by atomic mass is 10.1. The quantitative estimate of drug-likeness (QED) is 0.917. The number of nitrogens with two attached hydrogens (primary N) is 1. The summed E-state index contributed by atoms with van der Waals surface area (Å²) in [5.41, 5.74) is 7.94. The zero-order chi connectivity index (χ0) is 14.5. The lowest BCUT2D eigenvalue weighted by molar-refractivity contribution is 0.722. The second-order valence-electron chi connectivity index (χ2n) is 4.83.